The number of ether oxygens (including phenoxy) is 2. The Kier molecular flexibility index (Phi) is 6.62. The Bertz CT molecular complexity index is 1160. The molecule has 0 unspecified atom stereocenters. The van der Waals surface area contributed by atoms with Crippen LogP contribution in [-0.4, -0.2) is 41.3 Å². The second-order valence-electron chi connectivity index (χ2n) is 8.29. The molecule has 3 rings (SSSR count). The number of rotatable bonds is 5. The van der Waals surface area contributed by atoms with Crippen molar-refractivity contribution in [1.29, 1.82) is 0 Å². The average Bonchev–Trinajstić information content (AvgIpc) is 3.10. The molecule has 1 atom stereocenters. The van der Waals surface area contributed by atoms with Crippen LogP contribution in [0.2, 0.25) is 0 Å². The Labute approximate surface area is 185 Å². The highest BCUT2D eigenvalue weighted by Gasteiger charge is 2.26. The van der Waals surface area contributed by atoms with E-state index in [0.717, 1.165) is 11.5 Å². The van der Waals surface area contributed by atoms with Gasteiger partial charge in [0.25, 0.3) is 5.91 Å². The minimum Gasteiger partial charge on any atom is -0.467 e. The summed E-state index contributed by atoms with van der Waals surface area (Å²) in [4.78, 5) is 37.7. The number of benzene rings is 2. The highest BCUT2D eigenvalue weighted by atomic mass is 19.1. The van der Waals surface area contributed by atoms with Crippen LogP contribution in [0.3, 0.4) is 0 Å². The van der Waals surface area contributed by atoms with Gasteiger partial charge in [-0.2, -0.15) is 0 Å². The van der Waals surface area contributed by atoms with Crippen LogP contribution in [0.4, 0.5) is 9.18 Å². The number of methoxy groups -OCH3 is 1. The lowest BCUT2D eigenvalue weighted by atomic mass is 10.0. The van der Waals surface area contributed by atoms with Gasteiger partial charge in [0.1, 0.15) is 17.5 Å². The topological polar surface area (TPSA) is 86.6 Å². The van der Waals surface area contributed by atoms with Crippen molar-refractivity contribution in [2.24, 2.45) is 0 Å². The molecule has 8 heteroatoms. The molecular weight excluding hydrogens is 415 g/mol. The molecular formula is C24H25FN2O5. The van der Waals surface area contributed by atoms with Gasteiger partial charge in [-0.3, -0.25) is 9.36 Å². The maximum absolute atomic E-state index is 13.5. The molecule has 0 spiro atoms. The van der Waals surface area contributed by atoms with Crippen molar-refractivity contribution in [3.63, 3.8) is 0 Å². The molecule has 0 aliphatic carbocycles. The van der Waals surface area contributed by atoms with E-state index in [1.165, 1.54) is 29.9 Å². The summed E-state index contributed by atoms with van der Waals surface area (Å²) in [7, 11) is 1.22. The minimum atomic E-state index is -1.05. The molecule has 0 bridgehead atoms. The number of carbonyl (C=O) groups excluding carboxylic acids is 3. The Morgan fingerprint density at radius 2 is 1.81 bits per heavy atom. The van der Waals surface area contributed by atoms with Gasteiger partial charge in [0.05, 0.1) is 12.6 Å². The summed E-state index contributed by atoms with van der Waals surface area (Å²) < 4.78 is 25.2. The SMILES string of the molecule is COC(=O)[C@@H](Cc1cn(C(=O)OC(C)(C)C)c2ccccc12)NC(=O)c1cccc(F)c1. The zero-order chi connectivity index (χ0) is 23.5. The number of amides is 1. The van der Waals surface area contributed by atoms with Gasteiger partial charge in [0, 0.05) is 23.6 Å². The monoisotopic (exact) mass is 440 g/mol. The summed E-state index contributed by atoms with van der Waals surface area (Å²) in [5.41, 5.74) is 0.643. The Balaban J connectivity index is 1.93. The van der Waals surface area contributed by atoms with Gasteiger partial charge < -0.3 is 14.8 Å². The smallest absolute Gasteiger partial charge is 0.419 e. The lowest BCUT2D eigenvalue weighted by Gasteiger charge is -2.19. The predicted octanol–water partition coefficient (Wildman–Crippen LogP) is 4.08. The zero-order valence-electron chi connectivity index (χ0n) is 18.3. The quantitative estimate of drug-likeness (QED) is 0.604. The first kappa shape index (κ1) is 23.0. The van der Waals surface area contributed by atoms with Crippen molar-refractivity contribution in [1.82, 2.24) is 9.88 Å². The summed E-state index contributed by atoms with van der Waals surface area (Å²) >= 11 is 0. The first-order valence-electron chi connectivity index (χ1n) is 10.1. The summed E-state index contributed by atoms with van der Waals surface area (Å²) in [5, 5.41) is 3.32. The van der Waals surface area contributed by atoms with Crippen LogP contribution in [0.5, 0.6) is 0 Å². The summed E-state index contributed by atoms with van der Waals surface area (Å²) in [6, 6.07) is 11.3. The number of nitrogens with zero attached hydrogens (tertiary/aromatic N) is 1. The molecule has 1 heterocycles. The number of aromatic nitrogens is 1. The third-order valence-electron chi connectivity index (χ3n) is 4.69. The molecule has 7 nitrogen and oxygen atoms in total. The van der Waals surface area contributed by atoms with Gasteiger partial charge in [-0.1, -0.05) is 24.3 Å². The van der Waals surface area contributed by atoms with Gasteiger partial charge in [0.2, 0.25) is 0 Å². The van der Waals surface area contributed by atoms with E-state index in [1.54, 1.807) is 39.1 Å². The van der Waals surface area contributed by atoms with E-state index in [4.69, 9.17) is 9.47 Å². The summed E-state index contributed by atoms with van der Waals surface area (Å²) in [5.74, 6) is -1.84. The normalized spacial score (nSPS) is 12.3. The van der Waals surface area contributed by atoms with Crippen LogP contribution in [0.25, 0.3) is 10.9 Å². The van der Waals surface area contributed by atoms with Crippen LogP contribution in [-0.2, 0) is 20.7 Å². The van der Waals surface area contributed by atoms with Crippen molar-refractivity contribution >= 4 is 28.9 Å². The standard InChI is InChI=1S/C24H25FN2O5/c1-24(2,3)32-23(30)27-14-16(18-10-5-6-11-20(18)27)13-19(22(29)31-4)26-21(28)15-8-7-9-17(25)12-15/h5-12,14,19H,13H2,1-4H3,(H,26,28)/t19-/m1/s1. The van der Waals surface area contributed by atoms with Crippen LogP contribution in [0.1, 0.15) is 36.7 Å². The van der Waals surface area contributed by atoms with E-state index >= 15 is 0 Å². The number of esters is 1. The second-order valence-corrected chi connectivity index (χ2v) is 8.29. The molecule has 1 aromatic heterocycles. The van der Waals surface area contributed by atoms with Gasteiger partial charge in [-0.15, -0.1) is 0 Å². The molecule has 1 N–H and O–H groups in total. The fraction of sp³-hybridized carbons (Fsp3) is 0.292. The molecule has 0 saturated carbocycles. The molecule has 168 valence electrons. The van der Waals surface area contributed by atoms with Gasteiger partial charge >= 0.3 is 12.1 Å². The highest BCUT2D eigenvalue weighted by Crippen LogP contribution is 2.24. The Morgan fingerprint density at radius 1 is 1.09 bits per heavy atom. The third-order valence-corrected chi connectivity index (χ3v) is 4.69. The lowest BCUT2D eigenvalue weighted by molar-refractivity contribution is -0.142. The van der Waals surface area contributed by atoms with Crippen molar-refractivity contribution in [2.45, 2.75) is 38.8 Å². The summed E-state index contributed by atoms with van der Waals surface area (Å²) in [6.45, 7) is 5.31. The number of nitrogens with one attached hydrogen (secondary N) is 1. The van der Waals surface area contributed by atoms with Crippen molar-refractivity contribution in [2.75, 3.05) is 7.11 Å². The zero-order valence-corrected chi connectivity index (χ0v) is 18.3. The van der Waals surface area contributed by atoms with E-state index < -0.39 is 35.4 Å². The van der Waals surface area contributed by atoms with Gasteiger partial charge in [-0.05, 0) is 50.6 Å². The number of para-hydroxylation sites is 1. The molecule has 3 aromatic rings. The largest absolute Gasteiger partial charge is 0.467 e. The minimum absolute atomic E-state index is 0.0596. The Hall–Kier alpha value is -3.68. The van der Waals surface area contributed by atoms with Crippen LogP contribution < -0.4 is 5.32 Å². The van der Waals surface area contributed by atoms with Crippen molar-refractivity contribution in [3.05, 3.63) is 71.7 Å². The Morgan fingerprint density at radius 3 is 2.47 bits per heavy atom. The molecule has 0 fully saturated rings. The number of halogens is 1. The molecule has 1 amide bonds. The molecule has 0 aliphatic rings. The number of fused-ring (bicyclic) bond motifs is 1. The molecule has 0 radical (unpaired) electrons. The fourth-order valence-electron chi connectivity index (χ4n) is 3.30. The van der Waals surface area contributed by atoms with Crippen molar-refractivity contribution < 1.29 is 28.2 Å². The second kappa shape index (κ2) is 9.21. The van der Waals surface area contributed by atoms with Crippen LogP contribution >= 0.6 is 0 Å². The van der Waals surface area contributed by atoms with E-state index in [0.29, 0.717) is 11.1 Å². The summed E-state index contributed by atoms with van der Waals surface area (Å²) in [6.07, 6.45) is 1.09. The van der Waals surface area contributed by atoms with Crippen LogP contribution in [0.15, 0.2) is 54.7 Å². The maximum atomic E-state index is 13.5. The molecule has 2 aromatic carbocycles. The number of hydrogen-bond donors (Lipinski definition) is 1. The molecule has 0 aliphatic heterocycles. The first-order chi connectivity index (χ1) is 15.1. The van der Waals surface area contributed by atoms with E-state index in [9.17, 15) is 18.8 Å². The highest BCUT2D eigenvalue weighted by molar-refractivity contribution is 5.97. The molecule has 32 heavy (non-hydrogen) atoms. The predicted molar refractivity (Wildman–Crippen MR) is 117 cm³/mol. The molecule has 0 saturated heterocycles. The average molecular weight is 440 g/mol. The fourth-order valence-corrected chi connectivity index (χ4v) is 3.30. The van der Waals surface area contributed by atoms with Gasteiger partial charge in [0.15, 0.2) is 0 Å². The van der Waals surface area contributed by atoms with Crippen LogP contribution in [0, 0.1) is 5.82 Å². The number of carbonyl (C=O) groups is 3. The van der Waals surface area contributed by atoms with Crippen molar-refractivity contribution in [3.8, 4) is 0 Å². The lowest BCUT2D eigenvalue weighted by Crippen LogP contribution is -2.43. The van der Waals surface area contributed by atoms with E-state index in [1.807, 2.05) is 12.1 Å². The maximum Gasteiger partial charge on any atom is 0.419 e. The van der Waals surface area contributed by atoms with E-state index in [2.05, 4.69) is 5.32 Å². The number of hydrogen-bond acceptors (Lipinski definition) is 5. The third kappa shape index (κ3) is 5.32. The van der Waals surface area contributed by atoms with E-state index in [-0.39, 0.29) is 12.0 Å². The first-order valence-corrected chi connectivity index (χ1v) is 10.1. The van der Waals surface area contributed by atoms with Gasteiger partial charge in [-0.25, -0.2) is 14.0 Å².